The first-order valence-electron chi connectivity index (χ1n) is 7.30. The zero-order valence-corrected chi connectivity index (χ0v) is 11.3. The number of aromatic nitrogens is 1. The molecule has 2 heterocycles. The average Bonchev–Trinajstić information content (AvgIpc) is 2.85. The smallest absolute Gasteiger partial charge is 0.0984 e. The zero-order valence-electron chi connectivity index (χ0n) is 11.3. The average molecular weight is 257 g/mol. The van der Waals surface area contributed by atoms with E-state index < -0.39 is 0 Å². The van der Waals surface area contributed by atoms with E-state index in [0.717, 1.165) is 13.0 Å². The van der Waals surface area contributed by atoms with Gasteiger partial charge in [-0.3, -0.25) is 0 Å². The monoisotopic (exact) mass is 257 g/mol. The number of likely N-dealkylation sites (tertiary alicyclic amines) is 1. The number of hydrogen-bond donors (Lipinski definition) is 3. The molecule has 3 heteroatoms. The van der Waals surface area contributed by atoms with Crippen molar-refractivity contribution in [1.82, 2.24) is 4.98 Å². The molecule has 0 bridgehead atoms. The Morgan fingerprint density at radius 1 is 1.42 bits per heavy atom. The van der Waals surface area contributed by atoms with E-state index >= 15 is 0 Å². The third-order valence-electron chi connectivity index (χ3n) is 5.23. The van der Waals surface area contributed by atoms with E-state index in [2.05, 4.69) is 36.4 Å². The highest BCUT2D eigenvalue weighted by atomic mass is 16.3. The molecule has 1 aliphatic heterocycles. The standard InChI is InChI=1S/C16H20N2O/c1-18-8-10(9-19)5-13-12-3-2-4-14-16(12)11(7-17-14)6-15(13)18/h2-4,7,10,13,15,17,19H,5-6,8-9H2,1H3/p+1/t10-,13-,15-/m1/s1. The van der Waals surface area contributed by atoms with E-state index in [1.54, 1.807) is 4.90 Å². The number of aromatic amines is 1. The van der Waals surface area contributed by atoms with E-state index in [1.807, 2.05) is 0 Å². The highest BCUT2D eigenvalue weighted by molar-refractivity contribution is 5.88. The molecule has 19 heavy (non-hydrogen) atoms. The Balaban J connectivity index is 1.86. The summed E-state index contributed by atoms with van der Waals surface area (Å²) in [6.45, 7) is 1.43. The Labute approximate surface area is 113 Å². The highest BCUT2D eigenvalue weighted by Crippen LogP contribution is 2.40. The molecule has 0 spiro atoms. The van der Waals surface area contributed by atoms with Gasteiger partial charge < -0.3 is 15.0 Å². The molecule has 4 atom stereocenters. The van der Waals surface area contributed by atoms with Gasteiger partial charge >= 0.3 is 0 Å². The molecule has 100 valence electrons. The van der Waals surface area contributed by atoms with Gasteiger partial charge in [0.15, 0.2) is 0 Å². The van der Waals surface area contributed by atoms with E-state index in [-0.39, 0.29) is 0 Å². The molecule has 1 unspecified atom stereocenters. The number of aliphatic hydroxyl groups is 1. The summed E-state index contributed by atoms with van der Waals surface area (Å²) in [6.07, 6.45) is 4.50. The van der Waals surface area contributed by atoms with Crippen LogP contribution >= 0.6 is 0 Å². The summed E-state index contributed by atoms with van der Waals surface area (Å²) in [6, 6.07) is 7.31. The lowest BCUT2D eigenvalue weighted by molar-refractivity contribution is -0.917. The summed E-state index contributed by atoms with van der Waals surface area (Å²) in [5.41, 5.74) is 4.26. The van der Waals surface area contributed by atoms with Gasteiger partial charge in [-0.05, 0) is 23.6 Å². The van der Waals surface area contributed by atoms with Crippen LogP contribution in [0.2, 0.25) is 0 Å². The molecule has 3 nitrogen and oxygen atoms in total. The number of H-pyrrole nitrogens is 1. The molecule has 0 saturated carbocycles. The van der Waals surface area contributed by atoms with Crippen LogP contribution in [-0.2, 0) is 6.42 Å². The minimum atomic E-state index is 0.330. The maximum atomic E-state index is 9.53. The molecule has 2 aliphatic rings. The number of rotatable bonds is 1. The molecule has 1 aromatic heterocycles. The van der Waals surface area contributed by atoms with Crippen LogP contribution in [0.1, 0.15) is 23.5 Å². The zero-order chi connectivity index (χ0) is 13.0. The molecular weight excluding hydrogens is 236 g/mol. The summed E-state index contributed by atoms with van der Waals surface area (Å²) in [4.78, 5) is 4.99. The van der Waals surface area contributed by atoms with Crippen molar-refractivity contribution >= 4 is 10.9 Å². The number of likely N-dealkylation sites (N-methyl/N-ethyl adjacent to an activating group) is 1. The topological polar surface area (TPSA) is 40.5 Å². The van der Waals surface area contributed by atoms with Crippen molar-refractivity contribution in [2.24, 2.45) is 5.92 Å². The Morgan fingerprint density at radius 3 is 3.16 bits per heavy atom. The maximum Gasteiger partial charge on any atom is 0.0984 e. The van der Waals surface area contributed by atoms with Gasteiger partial charge in [-0.2, -0.15) is 0 Å². The number of benzene rings is 1. The fourth-order valence-electron chi connectivity index (χ4n) is 4.35. The minimum absolute atomic E-state index is 0.330. The van der Waals surface area contributed by atoms with Crippen LogP contribution in [0.15, 0.2) is 24.4 Å². The van der Waals surface area contributed by atoms with Crippen LogP contribution in [0.5, 0.6) is 0 Å². The first-order chi connectivity index (χ1) is 9.28. The van der Waals surface area contributed by atoms with Crippen LogP contribution in [-0.4, -0.2) is 36.3 Å². The predicted molar refractivity (Wildman–Crippen MR) is 75.5 cm³/mol. The number of nitrogens with one attached hydrogen (secondary N) is 2. The van der Waals surface area contributed by atoms with Gasteiger partial charge in [-0.15, -0.1) is 0 Å². The largest absolute Gasteiger partial charge is 0.396 e. The van der Waals surface area contributed by atoms with E-state index in [9.17, 15) is 5.11 Å². The van der Waals surface area contributed by atoms with Crippen molar-refractivity contribution < 1.29 is 10.0 Å². The number of piperidine rings is 1. The van der Waals surface area contributed by atoms with Crippen LogP contribution < -0.4 is 4.90 Å². The van der Waals surface area contributed by atoms with Gasteiger partial charge in [0.05, 0.1) is 26.2 Å². The summed E-state index contributed by atoms with van der Waals surface area (Å²) in [5, 5.41) is 11.0. The summed E-state index contributed by atoms with van der Waals surface area (Å²) in [7, 11) is 2.29. The Bertz CT molecular complexity index is 618. The normalized spacial score (nSPS) is 33.4. The van der Waals surface area contributed by atoms with Gasteiger partial charge in [0.25, 0.3) is 0 Å². The SMILES string of the molecule is C[NH+]1C[C@H](CO)C[C@@H]2c3cccc4[nH]cc(c34)C[C@H]21. The highest BCUT2D eigenvalue weighted by Gasteiger charge is 2.42. The molecule has 1 aliphatic carbocycles. The van der Waals surface area contributed by atoms with Crippen molar-refractivity contribution in [2.45, 2.75) is 24.8 Å². The lowest BCUT2D eigenvalue weighted by Crippen LogP contribution is -3.15. The van der Waals surface area contributed by atoms with Gasteiger partial charge in [0.2, 0.25) is 0 Å². The van der Waals surface area contributed by atoms with Gasteiger partial charge in [0.1, 0.15) is 0 Å². The molecule has 0 radical (unpaired) electrons. The molecule has 0 amide bonds. The fraction of sp³-hybridized carbons (Fsp3) is 0.500. The summed E-state index contributed by atoms with van der Waals surface area (Å²) < 4.78 is 0. The van der Waals surface area contributed by atoms with E-state index in [0.29, 0.717) is 24.5 Å². The van der Waals surface area contributed by atoms with Crippen molar-refractivity contribution in [3.63, 3.8) is 0 Å². The van der Waals surface area contributed by atoms with Crippen LogP contribution in [0.4, 0.5) is 0 Å². The predicted octanol–water partition coefficient (Wildman–Crippen LogP) is 0.703. The first-order valence-corrected chi connectivity index (χ1v) is 7.30. The first kappa shape index (κ1) is 11.5. The Morgan fingerprint density at radius 2 is 2.32 bits per heavy atom. The summed E-state index contributed by atoms with van der Waals surface area (Å²) >= 11 is 0. The van der Waals surface area contributed by atoms with Crippen LogP contribution in [0, 0.1) is 5.92 Å². The molecule has 1 saturated heterocycles. The molecular formula is C16H21N2O+. The van der Waals surface area contributed by atoms with Crippen molar-refractivity contribution in [1.29, 1.82) is 0 Å². The number of hydrogen-bond acceptors (Lipinski definition) is 1. The lowest BCUT2D eigenvalue weighted by Gasteiger charge is -2.42. The number of fused-ring (bicyclic) bond motifs is 2. The molecule has 1 aromatic carbocycles. The molecule has 3 N–H and O–H groups in total. The fourth-order valence-corrected chi connectivity index (χ4v) is 4.35. The quantitative estimate of drug-likeness (QED) is 0.691. The summed E-state index contributed by atoms with van der Waals surface area (Å²) in [5.74, 6) is 1.06. The van der Waals surface area contributed by atoms with Crippen molar-refractivity contribution in [3.05, 3.63) is 35.5 Å². The van der Waals surface area contributed by atoms with Gasteiger partial charge in [-0.25, -0.2) is 0 Å². The van der Waals surface area contributed by atoms with Gasteiger partial charge in [-0.1, -0.05) is 12.1 Å². The molecule has 1 fully saturated rings. The Hall–Kier alpha value is -1.32. The van der Waals surface area contributed by atoms with Crippen LogP contribution in [0.25, 0.3) is 10.9 Å². The second-order valence-corrected chi connectivity index (χ2v) is 6.34. The second kappa shape index (κ2) is 4.09. The maximum absolute atomic E-state index is 9.53. The third-order valence-corrected chi connectivity index (χ3v) is 5.23. The number of aliphatic hydroxyl groups excluding tert-OH is 1. The van der Waals surface area contributed by atoms with E-state index in [1.165, 1.54) is 28.5 Å². The lowest BCUT2D eigenvalue weighted by atomic mass is 9.72. The van der Waals surface area contributed by atoms with Crippen molar-refractivity contribution in [2.75, 3.05) is 20.2 Å². The van der Waals surface area contributed by atoms with Crippen LogP contribution in [0.3, 0.4) is 0 Å². The Kier molecular flexibility index (Phi) is 2.47. The van der Waals surface area contributed by atoms with Gasteiger partial charge in [0, 0.05) is 35.4 Å². The number of quaternary nitrogens is 1. The molecule has 4 rings (SSSR count). The van der Waals surface area contributed by atoms with E-state index in [4.69, 9.17) is 0 Å². The second-order valence-electron chi connectivity index (χ2n) is 6.34. The minimum Gasteiger partial charge on any atom is -0.396 e. The third kappa shape index (κ3) is 1.58. The molecule has 2 aromatic rings. The van der Waals surface area contributed by atoms with Crippen molar-refractivity contribution in [3.8, 4) is 0 Å².